The number of nitrogens with zero attached hydrogens (tertiary/aromatic N) is 2. The molecule has 0 unspecified atom stereocenters. The van der Waals surface area contributed by atoms with E-state index in [0.29, 0.717) is 17.2 Å². The van der Waals surface area contributed by atoms with Crippen LogP contribution in [0.1, 0.15) is 32.3 Å². The number of anilines is 2. The highest BCUT2D eigenvalue weighted by Gasteiger charge is 2.10. The van der Waals surface area contributed by atoms with Gasteiger partial charge in [-0.15, -0.1) is 0 Å². The Kier molecular flexibility index (Phi) is 9.35. The van der Waals surface area contributed by atoms with Crippen LogP contribution in [0.25, 0.3) is 0 Å². The molecule has 0 heterocycles. The maximum atomic E-state index is 12.1. The summed E-state index contributed by atoms with van der Waals surface area (Å²) in [5.74, 6) is 0.590. The van der Waals surface area contributed by atoms with Crippen molar-refractivity contribution in [3.05, 3.63) is 48.0 Å². The van der Waals surface area contributed by atoms with Crippen molar-refractivity contribution in [3.8, 4) is 11.5 Å². The van der Waals surface area contributed by atoms with E-state index < -0.39 is 0 Å². The Bertz CT molecular complexity index is 910. The number of methoxy groups -OCH3 is 2. The molecule has 0 aliphatic heterocycles. The highest BCUT2D eigenvalue weighted by atomic mass is 16.5. The molecule has 0 spiro atoms. The van der Waals surface area contributed by atoms with Crippen LogP contribution in [-0.2, 0) is 9.59 Å². The van der Waals surface area contributed by atoms with Gasteiger partial charge >= 0.3 is 0 Å². The lowest BCUT2D eigenvalue weighted by atomic mass is 10.2. The van der Waals surface area contributed by atoms with Crippen LogP contribution in [0.15, 0.2) is 47.6 Å². The fourth-order valence-electron chi connectivity index (χ4n) is 3.01. The molecule has 2 aromatic carbocycles. The van der Waals surface area contributed by atoms with Crippen LogP contribution in [0.2, 0.25) is 0 Å². The van der Waals surface area contributed by atoms with Crippen molar-refractivity contribution in [1.82, 2.24) is 5.43 Å². The third-order valence-electron chi connectivity index (χ3n) is 4.70. The number of rotatable bonds is 11. The lowest BCUT2D eigenvalue weighted by molar-refractivity contribution is -0.124. The van der Waals surface area contributed by atoms with Gasteiger partial charge in [-0.1, -0.05) is 12.1 Å². The molecular weight excluding hydrogens is 396 g/mol. The summed E-state index contributed by atoms with van der Waals surface area (Å²) in [5, 5.41) is 6.72. The van der Waals surface area contributed by atoms with Crippen LogP contribution in [0.4, 0.5) is 11.4 Å². The molecule has 0 radical (unpaired) electrons. The van der Waals surface area contributed by atoms with Gasteiger partial charge in [0, 0.05) is 43.2 Å². The van der Waals surface area contributed by atoms with E-state index in [4.69, 9.17) is 9.47 Å². The van der Waals surface area contributed by atoms with Crippen LogP contribution < -0.4 is 25.1 Å². The number of hydrogen-bond acceptors (Lipinski definition) is 6. The Balaban J connectivity index is 1.87. The summed E-state index contributed by atoms with van der Waals surface area (Å²) in [6.07, 6.45) is 1.56. The second-order valence-corrected chi connectivity index (χ2v) is 6.64. The normalized spacial score (nSPS) is 10.6. The maximum absolute atomic E-state index is 12.1. The third-order valence-corrected chi connectivity index (χ3v) is 4.70. The molecule has 31 heavy (non-hydrogen) atoms. The second kappa shape index (κ2) is 12.2. The Morgan fingerprint density at radius 1 is 0.968 bits per heavy atom. The van der Waals surface area contributed by atoms with Gasteiger partial charge in [-0.3, -0.25) is 9.59 Å². The molecule has 0 aromatic heterocycles. The number of nitrogens with one attached hydrogen (secondary N) is 2. The largest absolute Gasteiger partial charge is 0.496 e. The smallest absolute Gasteiger partial charge is 0.240 e. The van der Waals surface area contributed by atoms with Gasteiger partial charge in [-0.25, -0.2) is 5.43 Å². The zero-order valence-electron chi connectivity index (χ0n) is 18.5. The monoisotopic (exact) mass is 426 g/mol. The van der Waals surface area contributed by atoms with E-state index in [9.17, 15) is 9.59 Å². The third kappa shape index (κ3) is 7.02. The molecule has 166 valence electrons. The lowest BCUT2D eigenvalue weighted by Gasteiger charge is -2.21. The summed E-state index contributed by atoms with van der Waals surface area (Å²) < 4.78 is 10.6. The number of para-hydroxylation sites is 2. The standard InChI is InChI=1S/C23H30N4O4/c1-5-27(6-2)18-12-11-17(21(15-18)31-4)16-24-26-23(29)14-13-22(28)25-19-9-7-8-10-20(19)30-3/h7-12,15-16H,5-6,13-14H2,1-4H3,(H,25,28)(H,26,29). The van der Waals surface area contributed by atoms with Crippen molar-refractivity contribution < 1.29 is 19.1 Å². The van der Waals surface area contributed by atoms with E-state index in [1.165, 1.54) is 13.3 Å². The summed E-state index contributed by atoms with van der Waals surface area (Å²) in [6.45, 7) is 5.98. The average molecular weight is 427 g/mol. The molecule has 0 saturated heterocycles. The topological polar surface area (TPSA) is 92.3 Å². The quantitative estimate of drug-likeness (QED) is 0.424. The van der Waals surface area contributed by atoms with Gasteiger partial charge in [0.25, 0.3) is 0 Å². The fraction of sp³-hybridized carbons (Fsp3) is 0.348. The van der Waals surface area contributed by atoms with Gasteiger partial charge in [0.15, 0.2) is 0 Å². The Morgan fingerprint density at radius 3 is 2.32 bits per heavy atom. The predicted molar refractivity (Wildman–Crippen MR) is 123 cm³/mol. The molecule has 0 aliphatic rings. The average Bonchev–Trinajstić information content (AvgIpc) is 2.79. The Hall–Kier alpha value is -3.55. The van der Waals surface area contributed by atoms with Gasteiger partial charge in [0.1, 0.15) is 11.5 Å². The van der Waals surface area contributed by atoms with Gasteiger partial charge in [-0.2, -0.15) is 5.10 Å². The summed E-state index contributed by atoms with van der Waals surface area (Å²) in [6, 6.07) is 12.9. The number of carbonyl (C=O) groups is 2. The van der Waals surface area contributed by atoms with Crippen LogP contribution in [0.3, 0.4) is 0 Å². The minimum absolute atomic E-state index is 0.0103. The van der Waals surface area contributed by atoms with Crippen LogP contribution in [0, 0.1) is 0 Å². The van der Waals surface area contributed by atoms with Crippen LogP contribution in [0.5, 0.6) is 11.5 Å². The number of ether oxygens (including phenoxy) is 2. The van der Waals surface area contributed by atoms with E-state index in [2.05, 4.69) is 34.6 Å². The first-order valence-electron chi connectivity index (χ1n) is 10.2. The van der Waals surface area contributed by atoms with E-state index in [0.717, 1.165) is 24.3 Å². The molecule has 0 saturated carbocycles. The first-order chi connectivity index (χ1) is 15.0. The maximum Gasteiger partial charge on any atom is 0.240 e. The van der Waals surface area contributed by atoms with Gasteiger partial charge < -0.3 is 19.7 Å². The first kappa shape index (κ1) is 23.7. The summed E-state index contributed by atoms with van der Waals surface area (Å²) in [7, 11) is 3.13. The van der Waals surface area contributed by atoms with Gasteiger partial charge in [0.2, 0.25) is 11.8 Å². The van der Waals surface area contributed by atoms with E-state index in [1.807, 2.05) is 24.3 Å². The molecule has 0 atom stereocenters. The SMILES string of the molecule is CCN(CC)c1ccc(C=NNC(=O)CCC(=O)Nc2ccccc2OC)c(OC)c1. The Labute approximate surface area is 183 Å². The molecule has 0 aliphatic carbocycles. The van der Waals surface area contributed by atoms with Crippen molar-refractivity contribution in [3.63, 3.8) is 0 Å². The minimum atomic E-state index is -0.356. The van der Waals surface area contributed by atoms with Gasteiger partial charge in [-0.05, 0) is 38.1 Å². The number of hydrogen-bond donors (Lipinski definition) is 2. The molecule has 2 aromatic rings. The zero-order valence-corrected chi connectivity index (χ0v) is 18.5. The molecule has 2 N–H and O–H groups in total. The van der Waals surface area contributed by atoms with Crippen molar-refractivity contribution in [1.29, 1.82) is 0 Å². The van der Waals surface area contributed by atoms with E-state index >= 15 is 0 Å². The second-order valence-electron chi connectivity index (χ2n) is 6.64. The molecule has 0 bridgehead atoms. The van der Waals surface area contributed by atoms with Crippen molar-refractivity contribution in [2.75, 3.05) is 37.5 Å². The van der Waals surface area contributed by atoms with Crippen molar-refractivity contribution in [2.45, 2.75) is 26.7 Å². The van der Waals surface area contributed by atoms with Crippen LogP contribution >= 0.6 is 0 Å². The van der Waals surface area contributed by atoms with E-state index in [-0.39, 0.29) is 24.7 Å². The van der Waals surface area contributed by atoms with Crippen molar-refractivity contribution >= 4 is 29.4 Å². The Morgan fingerprint density at radius 2 is 1.65 bits per heavy atom. The van der Waals surface area contributed by atoms with Gasteiger partial charge in [0.05, 0.1) is 26.1 Å². The highest BCUT2D eigenvalue weighted by molar-refractivity contribution is 5.94. The summed E-state index contributed by atoms with van der Waals surface area (Å²) in [4.78, 5) is 26.3. The minimum Gasteiger partial charge on any atom is -0.496 e. The number of amides is 2. The highest BCUT2D eigenvalue weighted by Crippen LogP contribution is 2.25. The summed E-state index contributed by atoms with van der Waals surface area (Å²) >= 11 is 0. The molecule has 2 rings (SSSR count). The number of hydrazone groups is 1. The first-order valence-corrected chi connectivity index (χ1v) is 10.2. The molecule has 0 fully saturated rings. The number of benzene rings is 2. The fourth-order valence-corrected chi connectivity index (χ4v) is 3.01. The lowest BCUT2D eigenvalue weighted by Crippen LogP contribution is -2.22. The number of carbonyl (C=O) groups excluding carboxylic acids is 2. The molecule has 8 heteroatoms. The molecule has 8 nitrogen and oxygen atoms in total. The molecular formula is C23H30N4O4. The van der Waals surface area contributed by atoms with E-state index in [1.54, 1.807) is 25.3 Å². The predicted octanol–water partition coefficient (Wildman–Crippen LogP) is 3.42. The summed E-state index contributed by atoms with van der Waals surface area (Å²) in [5.41, 5.74) is 4.81. The van der Waals surface area contributed by atoms with Crippen LogP contribution in [-0.4, -0.2) is 45.3 Å². The van der Waals surface area contributed by atoms with Crippen molar-refractivity contribution in [2.24, 2.45) is 5.10 Å². The zero-order chi connectivity index (χ0) is 22.6. The molecule has 2 amide bonds.